The summed E-state index contributed by atoms with van der Waals surface area (Å²) in [6.07, 6.45) is 0.198. The van der Waals surface area contributed by atoms with Gasteiger partial charge < -0.3 is 15.2 Å². The van der Waals surface area contributed by atoms with Crippen LogP contribution in [-0.4, -0.2) is 23.4 Å². The molecule has 2 aromatic carbocycles. The van der Waals surface area contributed by atoms with Crippen LogP contribution in [0, 0.1) is 13.8 Å². The predicted octanol–water partition coefficient (Wildman–Crippen LogP) is 3.72. The largest absolute Gasteiger partial charge is 0.491 e. The van der Waals surface area contributed by atoms with E-state index in [1.54, 1.807) is 18.2 Å². The number of para-hydroxylation sites is 1. The first-order valence-electron chi connectivity index (χ1n) is 8.80. The van der Waals surface area contributed by atoms with Crippen LogP contribution in [0.1, 0.15) is 52.4 Å². The molecule has 26 heavy (non-hydrogen) atoms. The van der Waals surface area contributed by atoms with E-state index in [-0.39, 0.29) is 24.5 Å². The van der Waals surface area contributed by atoms with Gasteiger partial charge >= 0.3 is 0 Å². The molecule has 136 valence electrons. The number of hydrogen-bond acceptors (Lipinski definition) is 4. The number of Topliss-reactive ketones (excluding diaryl/α,β-unsaturated/α-hetero) is 1. The average Bonchev–Trinajstić information content (AvgIpc) is 2.62. The lowest BCUT2D eigenvalue weighted by Gasteiger charge is -2.24. The first kappa shape index (κ1) is 18.1. The number of benzene rings is 2. The summed E-state index contributed by atoms with van der Waals surface area (Å²) >= 11 is 0. The molecule has 1 aliphatic rings. The average molecular weight is 353 g/mol. The van der Waals surface area contributed by atoms with Crippen molar-refractivity contribution in [3.63, 3.8) is 0 Å². The highest BCUT2D eigenvalue weighted by Gasteiger charge is 2.22. The number of aryl methyl sites for hydroxylation is 2. The van der Waals surface area contributed by atoms with Crippen LogP contribution in [0.15, 0.2) is 36.4 Å². The van der Waals surface area contributed by atoms with Crippen molar-refractivity contribution in [2.24, 2.45) is 0 Å². The van der Waals surface area contributed by atoms with Gasteiger partial charge in [-0.1, -0.05) is 29.8 Å². The number of rotatable bonds is 5. The van der Waals surface area contributed by atoms with Gasteiger partial charge in [-0.2, -0.15) is 0 Å². The number of nitrogens with one attached hydrogen (secondary N) is 1. The summed E-state index contributed by atoms with van der Waals surface area (Å²) in [6.45, 7) is 4.24. The number of amides is 1. The van der Waals surface area contributed by atoms with Crippen LogP contribution in [0.3, 0.4) is 0 Å². The summed E-state index contributed by atoms with van der Waals surface area (Å²) in [4.78, 5) is 24.7. The van der Waals surface area contributed by atoms with E-state index in [9.17, 15) is 14.7 Å². The molecule has 1 amide bonds. The van der Waals surface area contributed by atoms with Crippen LogP contribution in [0.25, 0.3) is 0 Å². The lowest BCUT2D eigenvalue weighted by Crippen LogP contribution is -2.18. The van der Waals surface area contributed by atoms with E-state index in [4.69, 9.17) is 4.74 Å². The second-order valence-corrected chi connectivity index (χ2v) is 6.67. The van der Waals surface area contributed by atoms with E-state index < -0.39 is 6.10 Å². The van der Waals surface area contributed by atoms with Crippen LogP contribution < -0.4 is 10.1 Å². The second-order valence-electron chi connectivity index (χ2n) is 6.67. The topological polar surface area (TPSA) is 75.6 Å². The Hall–Kier alpha value is -2.66. The van der Waals surface area contributed by atoms with Crippen LogP contribution in [0.2, 0.25) is 0 Å². The molecule has 1 aliphatic heterocycles. The molecular formula is C21H23NO4. The molecule has 1 heterocycles. The molecule has 0 saturated heterocycles. The van der Waals surface area contributed by atoms with Crippen molar-refractivity contribution >= 4 is 17.4 Å². The number of ketones is 1. The molecule has 0 aliphatic carbocycles. The van der Waals surface area contributed by atoms with E-state index in [2.05, 4.69) is 5.32 Å². The molecule has 0 fully saturated rings. The SMILES string of the molecule is Cc1ccc(C)c(C(=O)CCC(=O)Nc2cccc3c2OCC[C@@H]3O)c1. The van der Waals surface area contributed by atoms with Gasteiger partial charge in [-0.3, -0.25) is 9.59 Å². The number of fused-ring (bicyclic) bond motifs is 1. The van der Waals surface area contributed by atoms with E-state index in [1.807, 2.05) is 32.0 Å². The second kappa shape index (κ2) is 7.70. The highest BCUT2D eigenvalue weighted by molar-refractivity contribution is 6.01. The molecule has 0 saturated carbocycles. The van der Waals surface area contributed by atoms with Gasteiger partial charge in [-0.05, 0) is 31.5 Å². The molecule has 5 nitrogen and oxygen atoms in total. The van der Waals surface area contributed by atoms with Gasteiger partial charge in [0.25, 0.3) is 0 Å². The minimum Gasteiger partial charge on any atom is -0.491 e. The third-order valence-electron chi connectivity index (χ3n) is 4.59. The molecule has 0 unspecified atom stereocenters. The molecule has 0 spiro atoms. The van der Waals surface area contributed by atoms with Crippen LogP contribution in [0.5, 0.6) is 5.75 Å². The fourth-order valence-corrected chi connectivity index (χ4v) is 3.12. The van der Waals surface area contributed by atoms with E-state index in [0.717, 1.165) is 11.1 Å². The van der Waals surface area contributed by atoms with Gasteiger partial charge in [0.2, 0.25) is 5.91 Å². The summed E-state index contributed by atoms with van der Waals surface area (Å²) in [6, 6.07) is 11.0. The number of hydrogen-bond donors (Lipinski definition) is 2. The number of aliphatic hydroxyl groups excluding tert-OH is 1. The molecular weight excluding hydrogens is 330 g/mol. The Morgan fingerprint density at radius 3 is 2.81 bits per heavy atom. The first-order chi connectivity index (χ1) is 12.5. The maximum atomic E-state index is 12.4. The zero-order chi connectivity index (χ0) is 18.7. The molecule has 0 radical (unpaired) electrons. The Balaban J connectivity index is 1.64. The Morgan fingerprint density at radius 2 is 2.00 bits per heavy atom. The van der Waals surface area contributed by atoms with Gasteiger partial charge in [0, 0.05) is 30.4 Å². The van der Waals surface area contributed by atoms with Crippen molar-refractivity contribution in [1.29, 1.82) is 0 Å². The Kier molecular flexibility index (Phi) is 5.38. The zero-order valence-electron chi connectivity index (χ0n) is 15.0. The standard InChI is InChI=1S/C21H23NO4/c1-13-6-7-14(2)16(12-13)18(23)8-9-20(25)22-17-5-3-4-15-19(24)10-11-26-21(15)17/h3-7,12,19,24H,8-11H2,1-2H3,(H,22,25)/t19-/m0/s1. The lowest BCUT2D eigenvalue weighted by molar-refractivity contribution is -0.116. The minimum atomic E-state index is -0.582. The Morgan fingerprint density at radius 1 is 1.19 bits per heavy atom. The molecule has 1 atom stereocenters. The Bertz CT molecular complexity index is 844. The van der Waals surface area contributed by atoms with Crippen molar-refractivity contribution in [2.75, 3.05) is 11.9 Å². The van der Waals surface area contributed by atoms with Gasteiger partial charge in [0.1, 0.15) is 5.75 Å². The van der Waals surface area contributed by atoms with Crippen molar-refractivity contribution in [1.82, 2.24) is 0 Å². The fraction of sp³-hybridized carbons (Fsp3) is 0.333. The fourth-order valence-electron chi connectivity index (χ4n) is 3.12. The third kappa shape index (κ3) is 3.94. The predicted molar refractivity (Wildman–Crippen MR) is 99.6 cm³/mol. The maximum Gasteiger partial charge on any atom is 0.224 e. The van der Waals surface area contributed by atoms with Crippen LogP contribution >= 0.6 is 0 Å². The van der Waals surface area contributed by atoms with Crippen molar-refractivity contribution in [2.45, 2.75) is 39.2 Å². The Labute approximate surface area is 153 Å². The summed E-state index contributed by atoms with van der Waals surface area (Å²) in [5.74, 6) is 0.226. The van der Waals surface area contributed by atoms with Crippen molar-refractivity contribution in [3.05, 3.63) is 58.7 Å². The van der Waals surface area contributed by atoms with Crippen molar-refractivity contribution in [3.8, 4) is 5.75 Å². The molecule has 2 aromatic rings. The minimum absolute atomic E-state index is 0.0388. The van der Waals surface area contributed by atoms with Crippen LogP contribution in [-0.2, 0) is 4.79 Å². The number of anilines is 1. The molecule has 3 rings (SSSR count). The van der Waals surface area contributed by atoms with Crippen molar-refractivity contribution < 1.29 is 19.4 Å². The quantitative estimate of drug-likeness (QED) is 0.803. The molecule has 5 heteroatoms. The van der Waals surface area contributed by atoms with Crippen LogP contribution in [0.4, 0.5) is 5.69 Å². The van der Waals surface area contributed by atoms with Gasteiger partial charge in [-0.15, -0.1) is 0 Å². The van der Waals surface area contributed by atoms with E-state index in [1.165, 1.54) is 0 Å². The number of carbonyl (C=O) groups excluding carboxylic acids is 2. The maximum absolute atomic E-state index is 12.4. The number of ether oxygens (including phenoxy) is 1. The highest BCUT2D eigenvalue weighted by Crippen LogP contribution is 2.37. The van der Waals surface area contributed by atoms with Gasteiger partial charge in [-0.25, -0.2) is 0 Å². The highest BCUT2D eigenvalue weighted by atomic mass is 16.5. The van der Waals surface area contributed by atoms with Gasteiger partial charge in [0.05, 0.1) is 18.4 Å². The first-order valence-corrected chi connectivity index (χ1v) is 8.80. The van der Waals surface area contributed by atoms with E-state index in [0.29, 0.717) is 35.6 Å². The number of carbonyl (C=O) groups is 2. The lowest BCUT2D eigenvalue weighted by atomic mass is 9.99. The molecule has 2 N–H and O–H groups in total. The molecule has 0 bridgehead atoms. The third-order valence-corrected chi connectivity index (χ3v) is 4.59. The van der Waals surface area contributed by atoms with E-state index >= 15 is 0 Å². The number of aliphatic hydroxyl groups is 1. The summed E-state index contributed by atoms with van der Waals surface area (Å²) in [7, 11) is 0. The zero-order valence-corrected chi connectivity index (χ0v) is 15.0. The smallest absolute Gasteiger partial charge is 0.224 e. The summed E-state index contributed by atoms with van der Waals surface area (Å²) in [5, 5.41) is 12.8. The van der Waals surface area contributed by atoms with Gasteiger partial charge in [0.15, 0.2) is 5.78 Å². The molecule has 0 aromatic heterocycles. The summed E-state index contributed by atoms with van der Waals surface area (Å²) in [5.41, 5.74) is 3.82. The normalized spacial score (nSPS) is 15.7. The monoisotopic (exact) mass is 353 g/mol. The summed E-state index contributed by atoms with van der Waals surface area (Å²) < 4.78 is 5.61.